The quantitative estimate of drug-likeness (QED) is 0.355. The molecule has 0 fully saturated rings. The van der Waals surface area contributed by atoms with Gasteiger partial charge in [0.1, 0.15) is 0 Å². The van der Waals surface area contributed by atoms with Crippen LogP contribution >= 0.6 is 0 Å². The first kappa shape index (κ1) is 14.4. The summed E-state index contributed by atoms with van der Waals surface area (Å²) in [6.07, 6.45) is 1.33. The fourth-order valence-electron chi connectivity index (χ4n) is 0.991. The van der Waals surface area contributed by atoms with Crippen LogP contribution in [0.1, 0.15) is 5.56 Å². The number of urea groups is 1. The maximum absolute atomic E-state index is 10.3. The second kappa shape index (κ2) is 6.79. The van der Waals surface area contributed by atoms with Crippen molar-refractivity contribution >= 4 is 12.2 Å². The number of rotatable bonds is 3. The number of amides is 2. The third-order valence-corrected chi connectivity index (χ3v) is 1.66. The molecule has 0 unspecified atom stereocenters. The van der Waals surface area contributed by atoms with Gasteiger partial charge in [0.2, 0.25) is 5.75 Å². The Bertz CT molecular complexity index is 396. The van der Waals surface area contributed by atoms with Crippen LogP contribution in [0.15, 0.2) is 23.3 Å². The maximum atomic E-state index is 10.3. The number of primary amides is 1. The Kier molecular flexibility index (Phi) is 6.11. The molecule has 80 valence electrons. The average molecular weight is 276 g/mol. The largest absolute Gasteiger partial charge is 2.00 e. The molecule has 0 aliphatic heterocycles. The number of nitrogens with zero attached hydrogens (tertiary/aromatic N) is 1. The summed E-state index contributed by atoms with van der Waals surface area (Å²) in [5, 5.41) is 11.2. The number of carbonyl (C=O) groups is 1. The SMILES string of the molecule is COc1cccc(C=NNC(N)=O)c1[OH2+].[Zn+2]. The predicted molar refractivity (Wildman–Crippen MR) is 56.4 cm³/mol. The first-order valence-electron chi connectivity index (χ1n) is 4.12. The Morgan fingerprint density at radius 2 is 2.31 bits per heavy atom. The van der Waals surface area contributed by atoms with Crippen molar-refractivity contribution in [2.75, 3.05) is 7.11 Å². The van der Waals surface area contributed by atoms with Crippen molar-refractivity contribution < 1.29 is 34.1 Å². The number of methoxy groups -OCH3 is 1. The Labute approximate surface area is 105 Å². The van der Waals surface area contributed by atoms with E-state index in [9.17, 15) is 4.79 Å². The van der Waals surface area contributed by atoms with Gasteiger partial charge in [-0.3, -0.25) is 0 Å². The smallest absolute Gasteiger partial charge is 0.590 e. The Balaban J connectivity index is 0.00000225. The fourth-order valence-corrected chi connectivity index (χ4v) is 0.991. The van der Waals surface area contributed by atoms with Crippen LogP contribution in [0.5, 0.6) is 11.5 Å². The number of hydrogen-bond acceptors (Lipinski definition) is 3. The molecule has 6 nitrogen and oxygen atoms in total. The number of nitrogens with one attached hydrogen (secondary N) is 1. The summed E-state index contributed by atoms with van der Waals surface area (Å²) in [7, 11) is 1.48. The maximum Gasteiger partial charge on any atom is 2.00 e. The van der Waals surface area contributed by atoms with Crippen LogP contribution in [0.25, 0.3) is 0 Å². The predicted octanol–water partition coefficient (Wildman–Crippen LogP) is 0.133. The van der Waals surface area contributed by atoms with E-state index in [2.05, 4.69) is 5.10 Å². The Morgan fingerprint density at radius 1 is 1.62 bits per heavy atom. The fraction of sp³-hybridized carbons (Fsp3) is 0.111. The number of carbonyl (C=O) groups excluding carboxylic acids is 1. The zero-order valence-corrected chi connectivity index (χ0v) is 11.8. The number of hydrazone groups is 1. The molecule has 0 spiro atoms. The summed E-state index contributed by atoms with van der Waals surface area (Å²) >= 11 is 0. The van der Waals surface area contributed by atoms with Crippen molar-refractivity contribution in [3.8, 4) is 11.5 Å². The van der Waals surface area contributed by atoms with Crippen molar-refractivity contribution in [3.63, 3.8) is 0 Å². The number of hydrogen-bond donors (Lipinski definition) is 2. The summed E-state index contributed by atoms with van der Waals surface area (Å²) in [5.74, 6) is 0.646. The molecule has 2 amide bonds. The van der Waals surface area contributed by atoms with Crippen LogP contribution < -0.4 is 15.9 Å². The van der Waals surface area contributed by atoms with Gasteiger partial charge in [-0.2, -0.15) is 5.10 Å². The van der Waals surface area contributed by atoms with Gasteiger partial charge in [-0.25, -0.2) is 10.2 Å². The van der Waals surface area contributed by atoms with Crippen LogP contribution in [0, 0.1) is 0 Å². The van der Waals surface area contributed by atoms with Gasteiger partial charge < -0.3 is 15.6 Å². The molecule has 0 aliphatic carbocycles. The second-order valence-corrected chi connectivity index (χ2v) is 2.66. The van der Waals surface area contributed by atoms with Crippen molar-refractivity contribution in [2.45, 2.75) is 0 Å². The van der Waals surface area contributed by atoms with Gasteiger partial charge in [0.25, 0.3) is 0 Å². The van der Waals surface area contributed by atoms with Crippen molar-refractivity contribution in [1.29, 1.82) is 0 Å². The van der Waals surface area contributed by atoms with E-state index in [1.807, 2.05) is 5.43 Å². The van der Waals surface area contributed by atoms with Gasteiger partial charge in [-0.1, -0.05) is 6.07 Å². The third kappa shape index (κ3) is 3.86. The average Bonchev–Trinajstić information content (AvgIpc) is 2.20. The van der Waals surface area contributed by atoms with E-state index in [0.717, 1.165) is 0 Å². The molecular weight excluding hydrogens is 264 g/mol. The van der Waals surface area contributed by atoms with Crippen LogP contribution in [0.3, 0.4) is 0 Å². The van der Waals surface area contributed by atoms with E-state index in [4.69, 9.17) is 15.6 Å². The van der Waals surface area contributed by atoms with Crippen molar-refractivity contribution in [3.05, 3.63) is 23.8 Å². The normalized spacial score (nSPS) is 9.56. The summed E-state index contributed by atoms with van der Waals surface area (Å²) in [4.78, 5) is 10.3. The van der Waals surface area contributed by atoms with Gasteiger partial charge in [0, 0.05) is 0 Å². The summed E-state index contributed by atoms with van der Waals surface area (Å²) in [5.41, 5.74) is 7.39. The zero-order valence-electron chi connectivity index (χ0n) is 8.86. The second-order valence-electron chi connectivity index (χ2n) is 2.66. The van der Waals surface area contributed by atoms with Crippen molar-refractivity contribution in [2.24, 2.45) is 10.8 Å². The molecule has 1 rings (SSSR count). The number of nitrogens with two attached hydrogens (primary N) is 1. The molecule has 0 atom stereocenters. The molecule has 0 aliphatic rings. The topological polar surface area (TPSA) is 99.6 Å². The van der Waals surface area contributed by atoms with E-state index in [0.29, 0.717) is 11.3 Å². The molecule has 5 N–H and O–H groups in total. The molecule has 1 aromatic carbocycles. The monoisotopic (exact) mass is 274 g/mol. The zero-order chi connectivity index (χ0) is 11.3. The molecule has 0 bridgehead atoms. The van der Waals surface area contributed by atoms with E-state index in [1.54, 1.807) is 18.2 Å². The van der Waals surface area contributed by atoms with Gasteiger partial charge in [-0.15, -0.1) is 0 Å². The summed E-state index contributed by atoms with van der Waals surface area (Å²) in [6, 6.07) is 4.32. The van der Waals surface area contributed by atoms with E-state index in [1.165, 1.54) is 13.3 Å². The molecule has 1 aromatic rings. The third-order valence-electron chi connectivity index (χ3n) is 1.66. The molecule has 0 heterocycles. The molecule has 7 heteroatoms. The van der Waals surface area contributed by atoms with Crippen LogP contribution in [0.4, 0.5) is 4.79 Å². The summed E-state index contributed by atoms with van der Waals surface area (Å²) in [6.45, 7) is 0. The van der Waals surface area contributed by atoms with Crippen LogP contribution in [0.2, 0.25) is 0 Å². The molecule has 0 saturated heterocycles. The van der Waals surface area contributed by atoms with Gasteiger partial charge in [0.05, 0.1) is 18.9 Å². The number of benzene rings is 1. The van der Waals surface area contributed by atoms with Gasteiger partial charge in [-0.05, 0) is 12.1 Å². The van der Waals surface area contributed by atoms with E-state index >= 15 is 0 Å². The van der Waals surface area contributed by atoms with Crippen LogP contribution in [-0.4, -0.2) is 24.5 Å². The van der Waals surface area contributed by atoms with E-state index < -0.39 is 6.03 Å². The Hall–Kier alpha value is -1.62. The standard InChI is InChI=1S/C9H11N3O3.Zn/c1-15-7-4-2-3-6(8(7)13)5-11-12-9(10)14;/h2-5,13H,1H3,(H3,10,12,14);/q;+2/p+1. The van der Waals surface area contributed by atoms with E-state index in [-0.39, 0.29) is 25.2 Å². The van der Waals surface area contributed by atoms with Crippen LogP contribution in [-0.2, 0) is 19.5 Å². The molecule has 0 saturated carbocycles. The molecular formula is C9H12N3O3Zn+3. The minimum atomic E-state index is -0.749. The molecule has 16 heavy (non-hydrogen) atoms. The first-order valence-corrected chi connectivity index (χ1v) is 4.12. The minimum Gasteiger partial charge on any atom is -0.590 e. The molecule has 0 aromatic heterocycles. The number of para-hydroxylation sites is 1. The molecule has 0 radical (unpaired) electrons. The Morgan fingerprint density at radius 3 is 2.88 bits per heavy atom. The summed E-state index contributed by atoms with van der Waals surface area (Å²) < 4.78 is 4.95. The number of ether oxygens (including phenoxy) is 1. The van der Waals surface area contributed by atoms with Gasteiger partial charge >= 0.3 is 31.3 Å². The van der Waals surface area contributed by atoms with Gasteiger partial charge in [0.15, 0.2) is 0 Å². The van der Waals surface area contributed by atoms with Crippen molar-refractivity contribution in [1.82, 2.24) is 5.43 Å². The first-order chi connectivity index (χ1) is 7.15. The minimum absolute atomic E-state index is 0.